The molecule has 0 saturated heterocycles. The Morgan fingerprint density at radius 3 is 2.17 bits per heavy atom. The lowest BCUT2D eigenvalue weighted by Crippen LogP contribution is -2.44. The third-order valence-corrected chi connectivity index (χ3v) is 3.79. The second kappa shape index (κ2) is 7.27. The van der Waals surface area contributed by atoms with Gasteiger partial charge in [-0.05, 0) is 45.4 Å². The predicted molar refractivity (Wildman–Crippen MR) is 92.7 cm³/mol. The monoisotopic (exact) mass is 312 g/mol. The van der Waals surface area contributed by atoms with Crippen LogP contribution in [-0.2, 0) is 6.54 Å². The highest BCUT2D eigenvalue weighted by molar-refractivity contribution is 5.94. The predicted octanol–water partition coefficient (Wildman–Crippen LogP) is 3.16. The van der Waals surface area contributed by atoms with Crippen LogP contribution in [0.15, 0.2) is 53.5 Å². The molecule has 4 nitrogen and oxygen atoms in total. The first-order valence-electron chi connectivity index (χ1n) is 7.98. The van der Waals surface area contributed by atoms with Gasteiger partial charge in [0.2, 0.25) is 0 Å². The maximum absolute atomic E-state index is 12.8. The molecule has 4 heteroatoms. The Morgan fingerprint density at radius 1 is 1.00 bits per heavy atom. The highest BCUT2D eigenvalue weighted by Gasteiger charge is 2.24. The van der Waals surface area contributed by atoms with Gasteiger partial charge in [-0.3, -0.25) is 9.59 Å². The number of nitrogens with zero attached hydrogens (tertiary/aromatic N) is 2. The third kappa shape index (κ3) is 3.89. The molecule has 0 aliphatic carbocycles. The molecule has 0 radical (unpaired) electrons. The summed E-state index contributed by atoms with van der Waals surface area (Å²) in [5.41, 5.74) is 1.02. The minimum absolute atomic E-state index is 0.0460. The Balaban J connectivity index is 2.36. The number of aromatic nitrogens is 1. The Labute approximate surface area is 137 Å². The number of carbonyl (C=O) groups excluding carboxylic acids is 1. The van der Waals surface area contributed by atoms with Crippen LogP contribution in [0, 0.1) is 0 Å². The number of benzene rings is 1. The van der Waals surface area contributed by atoms with E-state index in [1.807, 2.05) is 58.0 Å². The van der Waals surface area contributed by atoms with Crippen LogP contribution in [0.25, 0.3) is 0 Å². The lowest BCUT2D eigenvalue weighted by atomic mass is 10.1. The van der Waals surface area contributed by atoms with Gasteiger partial charge in [0.05, 0.1) is 6.54 Å². The molecule has 2 rings (SSSR count). The third-order valence-electron chi connectivity index (χ3n) is 3.79. The fourth-order valence-electron chi connectivity index (χ4n) is 2.81. The SMILES string of the molecule is CC(C)N(C(=O)c1cccn(Cc2ccccc2)c1=O)C(C)C. The van der Waals surface area contributed by atoms with Crippen molar-refractivity contribution in [3.05, 3.63) is 70.1 Å². The maximum atomic E-state index is 12.8. The summed E-state index contributed by atoms with van der Waals surface area (Å²) in [6.45, 7) is 8.31. The van der Waals surface area contributed by atoms with Crippen molar-refractivity contribution in [2.45, 2.75) is 46.3 Å². The fourth-order valence-corrected chi connectivity index (χ4v) is 2.81. The topological polar surface area (TPSA) is 42.3 Å². The lowest BCUT2D eigenvalue weighted by Gasteiger charge is -2.30. The summed E-state index contributed by atoms with van der Waals surface area (Å²) in [7, 11) is 0. The lowest BCUT2D eigenvalue weighted by molar-refractivity contribution is 0.0641. The summed E-state index contributed by atoms with van der Waals surface area (Å²) in [4.78, 5) is 27.2. The molecule has 1 aromatic heterocycles. The van der Waals surface area contributed by atoms with Crippen molar-refractivity contribution in [1.29, 1.82) is 0 Å². The van der Waals surface area contributed by atoms with Crippen LogP contribution in [0.1, 0.15) is 43.6 Å². The van der Waals surface area contributed by atoms with Crippen molar-refractivity contribution in [2.75, 3.05) is 0 Å². The first-order valence-corrected chi connectivity index (χ1v) is 7.98. The zero-order valence-corrected chi connectivity index (χ0v) is 14.2. The molecular formula is C19H24N2O2. The van der Waals surface area contributed by atoms with E-state index in [0.717, 1.165) is 5.56 Å². The van der Waals surface area contributed by atoms with Crippen LogP contribution >= 0.6 is 0 Å². The van der Waals surface area contributed by atoms with Crippen LogP contribution < -0.4 is 5.56 Å². The number of hydrogen-bond donors (Lipinski definition) is 0. The van der Waals surface area contributed by atoms with Gasteiger partial charge in [-0.1, -0.05) is 30.3 Å². The molecule has 0 unspecified atom stereocenters. The minimum atomic E-state index is -0.243. The molecule has 122 valence electrons. The highest BCUT2D eigenvalue weighted by Crippen LogP contribution is 2.10. The van der Waals surface area contributed by atoms with Gasteiger partial charge in [0.1, 0.15) is 5.56 Å². The summed E-state index contributed by atoms with van der Waals surface area (Å²) in [6.07, 6.45) is 1.72. The van der Waals surface area contributed by atoms with E-state index in [9.17, 15) is 9.59 Å². The zero-order chi connectivity index (χ0) is 17.0. The fraction of sp³-hybridized carbons (Fsp3) is 0.368. The minimum Gasteiger partial charge on any atom is -0.334 e. The molecule has 0 aliphatic rings. The van der Waals surface area contributed by atoms with Crippen LogP contribution in [-0.4, -0.2) is 27.5 Å². The molecule has 1 heterocycles. The Bertz CT molecular complexity index is 710. The largest absolute Gasteiger partial charge is 0.334 e. The molecule has 1 aromatic carbocycles. The van der Waals surface area contributed by atoms with Gasteiger partial charge in [0.25, 0.3) is 11.5 Å². The quantitative estimate of drug-likeness (QED) is 0.851. The number of amides is 1. The van der Waals surface area contributed by atoms with E-state index >= 15 is 0 Å². The van der Waals surface area contributed by atoms with Gasteiger partial charge in [-0.15, -0.1) is 0 Å². The summed E-state index contributed by atoms with van der Waals surface area (Å²) < 4.78 is 1.58. The van der Waals surface area contributed by atoms with Gasteiger partial charge in [-0.2, -0.15) is 0 Å². The Morgan fingerprint density at radius 2 is 1.61 bits per heavy atom. The van der Waals surface area contributed by atoms with E-state index in [1.54, 1.807) is 27.8 Å². The van der Waals surface area contributed by atoms with E-state index in [-0.39, 0.29) is 29.1 Å². The van der Waals surface area contributed by atoms with Crippen LogP contribution in [0.5, 0.6) is 0 Å². The smallest absolute Gasteiger partial charge is 0.263 e. The molecule has 0 spiro atoms. The van der Waals surface area contributed by atoms with E-state index in [0.29, 0.717) is 6.54 Å². The Kier molecular flexibility index (Phi) is 5.37. The van der Waals surface area contributed by atoms with Gasteiger partial charge in [0, 0.05) is 18.3 Å². The van der Waals surface area contributed by atoms with Gasteiger partial charge in [-0.25, -0.2) is 0 Å². The summed E-state index contributed by atoms with van der Waals surface area (Å²) in [5.74, 6) is -0.206. The van der Waals surface area contributed by atoms with Crippen molar-refractivity contribution >= 4 is 5.91 Å². The molecule has 0 aliphatic heterocycles. The molecule has 0 saturated carbocycles. The average Bonchev–Trinajstić information content (AvgIpc) is 2.49. The molecule has 0 N–H and O–H groups in total. The molecule has 0 bridgehead atoms. The summed E-state index contributed by atoms with van der Waals surface area (Å²) in [5, 5.41) is 0. The van der Waals surface area contributed by atoms with Gasteiger partial charge >= 0.3 is 0 Å². The Hall–Kier alpha value is -2.36. The van der Waals surface area contributed by atoms with Crippen molar-refractivity contribution in [3.8, 4) is 0 Å². The van der Waals surface area contributed by atoms with Gasteiger partial charge in [0.15, 0.2) is 0 Å². The van der Waals surface area contributed by atoms with Crippen LogP contribution in [0.4, 0.5) is 0 Å². The first kappa shape index (κ1) is 17.0. The number of hydrogen-bond acceptors (Lipinski definition) is 2. The van der Waals surface area contributed by atoms with Crippen molar-refractivity contribution in [1.82, 2.24) is 9.47 Å². The normalized spacial score (nSPS) is 11.0. The molecule has 0 atom stereocenters. The molecular weight excluding hydrogens is 288 g/mol. The second-order valence-corrected chi connectivity index (χ2v) is 6.24. The zero-order valence-electron chi connectivity index (χ0n) is 14.2. The van der Waals surface area contributed by atoms with E-state index in [2.05, 4.69) is 0 Å². The van der Waals surface area contributed by atoms with Crippen molar-refractivity contribution < 1.29 is 4.79 Å². The first-order chi connectivity index (χ1) is 10.9. The second-order valence-electron chi connectivity index (χ2n) is 6.24. The van der Waals surface area contributed by atoms with Crippen molar-refractivity contribution in [2.24, 2.45) is 0 Å². The molecule has 23 heavy (non-hydrogen) atoms. The molecule has 2 aromatic rings. The van der Waals surface area contributed by atoms with E-state index in [4.69, 9.17) is 0 Å². The molecule has 1 amide bonds. The van der Waals surface area contributed by atoms with Gasteiger partial charge < -0.3 is 9.47 Å². The summed E-state index contributed by atoms with van der Waals surface area (Å²) >= 11 is 0. The van der Waals surface area contributed by atoms with Crippen LogP contribution in [0.3, 0.4) is 0 Å². The molecule has 0 fully saturated rings. The maximum Gasteiger partial charge on any atom is 0.263 e. The van der Waals surface area contributed by atoms with E-state index < -0.39 is 0 Å². The average molecular weight is 312 g/mol. The van der Waals surface area contributed by atoms with Crippen molar-refractivity contribution in [3.63, 3.8) is 0 Å². The standard InChI is InChI=1S/C19H24N2O2/c1-14(2)21(15(3)4)19(23)17-11-8-12-20(18(17)22)13-16-9-6-5-7-10-16/h5-12,14-15H,13H2,1-4H3. The number of rotatable bonds is 5. The summed E-state index contributed by atoms with van der Waals surface area (Å²) in [6, 6.07) is 13.2. The van der Waals surface area contributed by atoms with Crippen LogP contribution in [0.2, 0.25) is 0 Å². The number of carbonyl (C=O) groups is 1. The highest BCUT2D eigenvalue weighted by atomic mass is 16.2. The van der Waals surface area contributed by atoms with E-state index in [1.165, 1.54) is 0 Å². The number of pyridine rings is 1.